The van der Waals surface area contributed by atoms with Crippen molar-refractivity contribution in [1.82, 2.24) is 25.3 Å². The number of anilines is 1. The molecule has 1 amide bonds. The fourth-order valence-electron chi connectivity index (χ4n) is 1.87. The van der Waals surface area contributed by atoms with E-state index in [0.29, 0.717) is 5.56 Å². The molecule has 0 aliphatic carbocycles. The molecule has 0 radical (unpaired) electrons. The summed E-state index contributed by atoms with van der Waals surface area (Å²) in [6.45, 7) is 0. The lowest BCUT2D eigenvalue weighted by Gasteiger charge is -2.13. The van der Waals surface area contributed by atoms with E-state index < -0.39 is 12.1 Å². The summed E-state index contributed by atoms with van der Waals surface area (Å²) in [5, 5.41) is 9.47. The van der Waals surface area contributed by atoms with Gasteiger partial charge in [0, 0.05) is 18.2 Å². The van der Waals surface area contributed by atoms with Crippen LogP contribution in [-0.4, -0.2) is 38.3 Å². The molecule has 3 aromatic rings. The molecule has 3 rings (SSSR count). The van der Waals surface area contributed by atoms with Crippen molar-refractivity contribution in [3.05, 3.63) is 42.0 Å². The van der Waals surface area contributed by atoms with E-state index in [1.54, 1.807) is 0 Å². The lowest BCUT2D eigenvalue weighted by atomic mass is 10.1. The maximum Gasteiger partial charge on any atom is 0.471 e. The van der Waals surface area contributed by atoms with E-state index in [1.165, 1.54) is 42.5 Å². The number of hydrogen-bond donors (Lipinski definition) is 1. The molecule has 8 nitrogen and oxygen atoms in total. The van der Waals surface area contributed by atoms with Gasteiger partial charge in [-0.05, 0) is 12.1 Å². The second-order valence-electron chi connectivity index (χ2n) is 4.67. The van der Waals surface area contributed by atoms with Gasteiger partial charge in [-0.3, -0.25) is 9.69 Å². The standard InChI is InChI=1S/C13H9F3N6O2/c1-22(12-17-6-18-20-12)10(23)8-4-2-7(3-5-8)9-19-11(24-21-9)13(14,15)16/h2-6H,1H3,(H,17,18,20). The minimum atomic E-state index is -4.71. The van der Waals surface area contributed by atoms with E-state index in [1.807, 2.05) is 0 Å². The summed E-state index contributed by atoms with van der Waals surface area (Å²) >= 11 is 0. The maximum atomic E-state index is 12.4. The fourth-order valence-corrected chi connectivity index (χ4v) is 1.87. The number of halogens is 3. The Morgan fingerprint density at radius 2 is 1.96 bits per heavy atom. The quantitative estimate of drug-likeness (QED) is 0.785. The van der Waals surface area contributed by atoms with Crippen LogP contribution >= 0.6 is 0 Å². The third-order valence-electron chi connectivity index (χ3n) is 3.08. The van der Waals surface area contributed by atoms with E-state index in [0.717, 1.165) is 0 Å². The molecule has 1 aromatic carbocycles. The van der Waals surface area contributed by atoms with Gasteiger partial charge in [0.2, 0.25) is 11.8 Å². The van der Waals surface area contributed by atoms with Crippen LogP contribution in [0.5, 0.6) is 0 Å². The van der Waals surface area contributed by atoms with Gasteiger partial charge in [0.25, 0.3) is 5.91 Å². The van der Waals surface area contributed by atoms with Crippen molar-refractivity contribution >= 4 is 11.9 Å². The van der Waals surface area contributed by atoms with Gasteiger partial charge in [-0.2, -0.15) is 28.2 Å². The smallest absolute Gasteiger partial charge is 0.329 e. The molecule has 0 saturated carbocycles. The van der Waals surface area contributed by atoms with Gasteiger partial charge in [0.15, 0.2) is 0 Å². The molecule has 0 spiro atoms. The molecular formula is C13H9F3N6O2. The number of benzene rings is 1. The first-order chi connectivity index (χ1) is 11.4. The summed E-state index contributed by atoms with van der Waals surface area (Å²) in [5.41, 5.74) is 0.588. The molecule has 124 valence electrons. The van der Waals surface area contributed by atoms with Crippen LogP contribution in [0.1, 0.15) is 16.2 Å². The minimum Gasteiger partial charge on any atom is -0.329 e. The van der Waals surface area contributed by atoms with Gasteiger partial charge in [-0.1, -0.05) is 17.3 Å². The topological polar surface area (TPSA) is 101 Å². The zero-order valence-electron chi connectivity index (χ0n) is 12.1. The minimum absolute atomic E-state index is 0.218. The normalized spacial score (nSPS) is 11.5. The van der Waals surface area contributed by atoms with Gasteiger partial charge in [0.1, 0.15) is 6.33 Å². The van der Waals surface area contributed by atoms with Gasteiger partial charge in [0.05, 0.1) is 0 Å². The van der Waals surface area contributed by atoms with Crippen molar-refractivity contribution in [2.45, 2.75) is 6.18 Å². The van der Waals surface area contributed by atoms with Crippen LogP contribution in [0, 0.1) is 0 Å². The van der Waals surface area contributed by atoms with Crippen molar-refractivity contribution in [3.63, 3.8) is 0 Å². The number of alkyl halides is 3. The van der Waals surface area contributed by atoms with Crippen LogP contribution in [-0.2, 0) is 6.18 Å². The van der Waals surface area contributed by atoms with Gasteiger partial charge in [-0.15, -0.1) is 0 Å². The summed E-state index contributed by atoms with van der Waals surface area (Å²) in [6, 6.07) is 5.72. The molecule has 2 aromatic heterocycles. The Kier molecular flexibility index (Phi) is 3.75. The highest BCUT2D eigenvalue weighted by Gasteiger charge is 2.38. The van der Waals surface area contributed by atoms with E-state index >= 15 is 0 Å². The molecule has 0 atom stereocenters. The van der Waals surface area contributed by atoms with Crippen molar-refractivity contribution in [2.24, 2.45) is 0 Å². The van der Waals surface area contributed by atoms with Crippen LogP contribution in [0.2, 0.25) is 0 Å². The third-order valence-corrected chi connectivity index (χ3v) is 3.08. The molecule has 0 bridgehead atoms. The number of amides is 1. The number of aromatic amines is 1. The number of nitrogens with zero attached hydrogens (tertiary/aromatic N) is 5. The lowest BCUT2D eigenvalue weighted by Crippen LogP contribution is -2.27. The van der Waals surface area contributed by atoms with E-state index in [4.69, 9.17) is 0 Å². The monoisotopic (exact) mass is 338 g/mol. The van der Waals surface area contributed by atoms with Crippen LogP contribution < -0.4 is 4.90 Å². The van der Waals surface area contributed by atoms with Crippen LogP contribution in [0.25, 0.3) is 11.4 Å². The molecule has 2 heterocycles. The molecule has 24 heavy (non-hydrogen) atoms. The second-order valence-corrected chi connectivity index (χ2v) is 4.67. The Balaban J connectivity index is 1.80. The highest BCUT2D eigenvalue weighted by molar-refractivity contribution is 6.04. The number of carbonyl (C=O) groups is 1. The molecule has 0 saturated heterocycles. The summed E-state index contributed by atoms with van der Waals surface area (Å²) in [5.74, 6) is -1.76. The second kappa shape index (κ2) is 5.76. The molecule has 0 fully saturated rings. The molecule has 1 N–H and O–H groups in total. The lowest BCUT2D eigenvalue weighted by molar-refractivity contribution is -0.159. The Morgan fingerprint density at radius 3 is 2.50 bits per heavy atom. The highest BCUT2D eigenvalue weighted by Crippen LogP contribution is 2.29. The van der Waals surface area contributed by atoms with Crippen LogP contribution in [0.4, 0.5) is 19.1 Å². The Bertz CT molecular complexity index is 841. The van der Waals surface area contributed by atoms with Crippen molar-refractivity contribution in [1.29, 1.82) is 0 Å². The fraction of sp³-hybridized carbons (Fsp3) is 0.154. The predicted octanol–water partition coefficient (Wildman–Crippen LogP) is 2.15. The van der Waals surface area contributed by atoms with Crippen molar-refractivity contribution in [3.8, 4) is 11.4 Å². The average molecular weight is 338 g/mol. The van der Waals surface area contributed by atoms with Gasteiger partial charge < -0.3 is 4.52 Å². The number of rotatable bonds is 3. The number of nitrogens with one attached hydrogen (secondary N) is 1. The van der Waals surface area contributed by atoms with E-state index in [2.05, 4.69) is 29.8 Å². The van der Waals surface area contributed by atoms with Crippen LogP contribution in [0.3, 0.4) is 0 Å². The zero-order valence-corrected chi connectivity index (χ0v) is 12.1. The highest BCUT2D eigenvalue weighted by atomic mass is 19.4. The zero-order chi connectivity index (χ0) is 17.3. The molecular weight excluding hydrogens is 329 g/mol. The molecule has 0 aliphatic rings. The first-order valence-electron chi connectivity index (χ1n) is 6.51. The first-order valence-corrected chi connectivity index (χ1v) is 6.51. The molecule has 0 aliphatic heterocycles. The number of hydrogen-bond acceptors (Lipinski definition) is 6. The molecule has 0 unspecified atom stereocenters. The van der Waals surface area contributed by atoms with Crippen LogP contribution in [0.15, 0.2) is 35.1 Å². The van der Waals surface area contributed by atoms with Crippen molar-refractivity contribution < 1.29 is 22.5 Å². The van der Waals surface area contributed by atoms with Gasteiger partial charge >= 0.3 is 12.1 Å². The predicted molar refractivity (Wildman–Crippen MR) is 73.9 cm³/mol. The third kappa shape index (κ3) is 2.95. The summed E-state index contributed by atoms with van der Waals surface area (Å²) in [4.78, 5) is 20.6. The largest absolute Gasteiger partial charge is 0.471 e. The summed E-state index contributed by atoms with van der Waals surface area (Å²) in [6.07, 6.45) is -3.45. The number of H-pyrrole nitrogens is 1. The van der Waals surface area contributed by atoms with Gasteiger partial charge in [-0.25, -0.2) is 5.10 Å². The van der Waals surface area contributed by atoms with E-state index in [-0.39, 0.29) is 23.2 Å². The SMILES string of the molecule is CN(C(=O)c1ccc(-c2noc(C(F)(F)F)n2)cc1)c1ncn[nH]1. The summed E-state index contributed by atoms with van der Waals surface area (Å²) < 4.78 is 41.5. The average Bonchev–Trinajstić information content (AvgIpc) is 3.24. The Morgan fingerprint density at radius 1 is 1.25 bits per heavy atom. The molecule has 11 heteroatoms. The number of aromatic nitrogens is 5. The first kappa shape index (κ1) is 15.6. The summed E-state index contributed by atoms with van der Waals surface area (Å²) in [7, 11) is 1.51. The Labute approximate surface area is 132 Å². The number of carbonyl (C=O) groups excluding carboxylic acids is 1. The Hall–Kier alpha value is -3.24. The van der Waals surface area contributed by atoms with E-state index in [9.17, 15) is 18.0 Å². The van der Waals surface area contributed by atoms with Crippen molar-refractivity contribution in [2.75, 3.05) is 11.9 Å². The maximum absolute atomic E-state index is 12.4.